The SMILES string of the molecule is CCOc1cc(/C=C2\SC(=O)N(Cc3ccc4ccccc4c3)C2=O)ccc1OS(=O)(=O)c1ccc(NC(C)=O)cc1. The average Bonchev–Trinajstić information content (AvgIpc) is 3.21. The van der Waals surface area contributed by atoms with E-state index in [1.165, 1.54) is 42.2 Å². The second-order valence-corrected chi connectivity index (χ2v) is 11.9. The first-order valence-corrected chi connectivity index (χ1v) is 15.2. The molecule has 0 unspecified atom stereocenters. The summed E-state index contributed by atoms with van der Waals surface area (Å²) >= 11 is 0.839. The van der Waals surface area contributed by atoms with Crippen molar-refractivity contribution in [3.05, 3.63) is 101 Å². The molecule has 0 atom stereocenters. The molecule has 3 amide bonds. The predicted octanol–water partition coefficient (Wildman–Crippen LogP) is 6.20. The van der Waals surface area contributed by atoms with Crippen molar-refractivity contribution in [2.24, 2.45) is 0 Å². The third-order valence-electron chi connectivity index (χ3n) is 6.26. The van der Waals surface area contributed by atoms with Crippen LogP contribution in [0.15, 0.2) is 94.7 Å². The largest absolute Gasteiger partial charge is 0.490 e. The van der Waals surface area contributed by atoms with E-state index in [2.05, 4.69) is 5.32 Å². The van der Waals surface area contributed by atoms with Gasteiger partial charge in [-0.3, -0.25) is 19.3 Å². The van der Waals surface area contributed by atoms with Crippen LogP contribution in [0.4, 0.5) is 10.5 Å². The third kappa shape index (κ3) is 6.48. The number of fused-ring (bicyclic) bond motifs is 1. The van der Waals surface area contributed by atoms with Crippen LogP contribution < -0.4 is 14.2 Å². The Morgan fingerprint density at radius 1 is 0.929 bits per heavy atom. The molecular weight excluding hydrogens is 576 g/mol. The lowest BCUT2D eigenvalue weighted by molar-refractivity contribution is -0.123. The number of hydrogen-bond acceptors (Lipinski definition) is 8. The van der Waals surface area contributed by atoms with Gasteiger partial charge >= 0.3 is 10.1 Å². The van der Waals surface area contributed by atoms with Crippen LogP contribution >= 0.6 is 11.8 Å². The molecule has 214 valence electrons. The van der Waals surface area contributed by atoms with Gasteiger partial charge in [0.2, 0.25) is 5.91 Å². The number of ether oxygens (including phenoxy) is 1. The van der Waals surface area contributed by atoms with Gasteiger partial charge in [0, 0.05) is 12.6 Å². The van der Waals surface area contributed by atoms with Gasteiger partial charge in [0.05, 0.1) is 18.1 Å². The van der Waals surface area contributed by atoms with E-state index in [4.69, 9.17) is 8.92 Å². The lowest BCUT2D eigenvalue weighted by Crippen LogP contribution is -2.27. The first-order chi connectivity index (χ1) is 20.1. The Morgan fingerprint density at radius 3 is 2.38 bits per heavy atom. The Bertz CT molecular complexity index is 1830. The van der Waals surface area contributed by atoms with Gasteiger partial charge in [-0.25, -0.2) is 0 Å². The van der Waals surface area contributed by atoms with Crippen molar-refractivity contribution in [3.63, 3.8) is 0 Å². The zero-order valence-corrected chi connectivity index (χ0v) is 24.3. The number of rotatable bonds is 9. The standard InChI is InChI=1S/C31H26N2O7S2/c1-3-39-28-17-21(9-15-27(28)40-42(37,38)26-13-11-25(12-14-26)32-20(2)34)18-29-30(35)33(31(36)41-29)19-22-8-10-23-6-4-5-7-24(23)16-22/h4-18H,3,19H2,1-2H3,(H,32,34)/b29-18-. The van der Waals surface area contributed by atoms with Crippen molar-refractivity contribution in [3.8, 4) is 11.5 Å². The molecule has 9 nitrogen and oxygen atoms in total. The molecule has 1 fully saturated rings. The van der Waals surface area contributed by atoms with Crippen LogP contribution in [0, 0.1) is 0 Å². The predicted molar refractivity (Wildman–Crippen MR) is 162 cm³/mol. The Balaban J connectivity index is 1.34. The zero-order valence-electron chi connectivity index (χ0n) is 22.7. The van der Waals surface area contributed by atoms with Crippen molar-refractivity contribution < 1.29 is 31.7 Å². The molecule has 0 saturated carbocycles. The van der Waals surface area contributed by atoms with Gasteiger partial charge in [0.1, 0.15) is 4.90 Å². The number of benzene rings is 4. The number of nitrogens with zero attached hydrogens (tertiary/aromatic N) is 1. The number of amides is 3. The number of hydrogen-bond donors (Lipinski definition) is 1. The summed E-state index contributed by atoms with van der Waals surface area (Å²) in [6, 6.07) is 23.8. The Morgan fingerprint density at radius 2 is 1.67 bits per heavy atom. The Labute approximate surface area is 247 Å². The minimum absolute atomic E-state index is 0.0376. The molecule has 0 spiro atoms. The Kier molecular flexibility index (Phi) is 8.32. The second-order valence-electron chi connectivity index (χ2n) is 9.33. The molecule has 0 bridgehead atoms. The lowest BCUT2D eigenvalue weighted by Gasteiger charge is -2.13. The molecule has 0 radical (unpaired) electrons. The van der Waals surface area contributed by atoms with Crippen molar-refractivity contribution in [1.82, 2.24) is 4.90 Å². The topological polar surface area (TPSA) is 119 Å². The summed E-state index contributed by atoms with van der Waals surface area (Å²) in [6.07, 6.45) is 1.56. The highest BCUT2D eigenvalue weighted by Gasteiger charge is 2.35. The molecule has 0 aliphatic carbocycles. The molecule has 1 heterocycles. The Hall–Kier alpha value is -4.61. The fourth-order valence-electron chi connectivity index (χ4n) is 4.33. The van der Waals surface area contributed by atoms with E-state index in [9.17, 15) is 22.8 Å². The van der Waals surface area contributed by atoms with Crippen molar-refractivity contribution in [2.75, 3.05) is 11.9 Å². The molecule has 0 aromatic heterocycles. The first-order valence-electron chi connectivity index (χ1n) is 12.9. The van der Waals surface area contributed by atoms with Gasteiger partial charge in [-0.2, -0.15) is 8.42 Å². The van der Waals surface area contributed by atoms with Gasteiger partial charge in [0.15, 0.2) is 11.5 Å². The van der Waals surface area contributed by atoms with Crippen LogP contribution in [-0.2, 0) is 26.3 Å². The summed E-state index contributed by atoms with van der Waals surface area (Å²) in [4.78, 5) is 38.4. The van der Waals surface area contributed by atoms with Gasteiger partial charge in [-0.1, -0.05) is 42.5 Å². The minimum Gasteiger partial charge on any atom is -0.490 e. The van der Waals surface area contributed by atoms with Crippen LogP contribution in [0.1, 0.15) is 25.0 Å². The maximum atomic E-state index is 13.2. The lowest BCUT2D eigenvalue weighted by atomic mass is 10.1. The van der Waals surface area contributed by atoms with E-state index < -0.39 is 16.0 Å². The van der Waals surface area contributed by atoms with Gasteiger partial charge in [0.25, 0.3) is 11.1 Å². The molecule has 5 rings (SSSR count). The number of carbonyl (C=O) groups is 3. The van der Waals surface area contributed by atoms with E-state index in [0.29, 0.717) is 11.3 Å². The van der Waals surface area contributed by atoms with Crippen LogP contribution in [-0.4, -0.2) is 37.0 Å². The third-order valence-corrected chi connectivity index (χ3v) is 8.41. The quantitative estimate of drug-likeness (QED) is 0.178. The summed E-state index contributed by atoms with van der Waals surface area (Å²) in [6.45, 7) is 3.47. The van der Waals surface area contributed by atoms with Gasteiger partial charge in [-0.15, -0.1) is 0 Å². The highest BCUT2D eigenvalue weighted by molar-refractivity contribution is 8.18. The van der Waals surface area contributed by atoms with Crippen molar-refractivity contribution in [2.45, 2.75) is 25.3 Å². The van der Waals surface area contributed by atoms with Crippen LogP contribution in [0.3, 0.4) is 0 Å². The summed E-state index contributed by atoms with van der Waals surface area (Å²) < 4.78 is 36.9. The van der Waals surface area contributed by atoms with Crippen LogP contribution in [0.2, 0.25) is 0 Å². The molecule has 1 aliphatic rings. The van der Waals surface area contributed by atoms with Crippen LogP contribution in [0.25, 0.3) is 16.8 Å². The van der Waals surface area contributed by atoms with Gasteiger partial charge in [-0.05, 0) is 89.1 Å². The first kappa shape index (κ1) is 28.9. The average molecular weight is 603 g/mol. The number of carbonyl (C=O) groups excluding carboxylic acids is 3. The highest BCUT2D eigenvalue weighted by atomic mass is 32.2. The van der Waals surface area contributed by atoms with E-state index >= 15 is 0 Å². The zero-order chi connectivity index (χ0) is 29.9. The highest BCUT2D eigenvalue weighted by Crippen LogP contribution is 2.36. The molecule has 4 aromatic carbocycles. The van der Waals surface area contributed by atoms with E-state index in [-0.39, 0.29) is 45.6 Å². The number of nitrogens with one attached hydrogen (secondary N) is 1. The number of thioether (sulfide) groups is 1. The van der Waals surface area contributed by atoms with E-state index in [0.717, 1.165) is 28.1 Å². The summed E-state index contributed by atoms with van der Waals surface area (Å²) in [7, 11) is -4.22. The number of imide groups is 1. The summed E-state index contributed by atoms with van der Waals surface area (Å²) in [5, 5.41) is 4.29. The maximum Gasteiger partial charge on any atom is 0.339 e. The second kappa shape index (κ2) is 12.1. The molecule has 4 aromatic rings. The van der Waals surface area contributed by atoms with Crippen LogP contribution in [0.5, 0.6) is 11.5 Å². The molecule has 42 heavy (non-hydrogen) atoms. The number of anilines is 1. The van der Waals surface area contributed by atoms with Crippen molar-refractivity contribution in [1.29, 1.82) is 0 Å². The molecule has 1 N–H and O–H groups in total. The normalized spacial score (nSPS) is 14.4. The van der Waals surface area contributed by atoms with E-state index in [1.807, 2.05) is 42.5 Å². The fourth-order valence-corrected chi connectivity index (χ4v) is 6.11. The molecule has 1 aliphatic heterocycles. The fraction of sp³-hybridized carbons (Fsp3) is 0.129. The minimum atomic E-state index is -4.22. The van der Waals surface area contributed by atoms with Crippen molar-refractivity contribution >= 4 is 61.5 Å². The van der Waals surface area contributed by atoms with E-state index in [1.54, 1.807) is 25.1 Å². The molecular formula is C31H26N2O7S2. The maximum absolute atomic E-state index is 13.2. The van der Waals surface area contributed by atoms with Gasteiger partial charge < -0.3 is 14.2 Å². The summed E-state index contributed by atoms with van der Waals surface area (Å²) in [5.41, 5.74) is 1.81. The smallest absolute Gasteiger partial charge is 0.339 e. The monoisotopic (exact) mass is 602 g/mol. The summed E-state index contributed by atoms with van der Waals surface area (Å²) in [5.74, 6) is -0.580. The molecule has 1 saturated heterocycles. The molecule has 11 heteroatoms.